The van der Waals surface area contributed by atoms with E-state index in [9.17, 15) is 5.11 Å². The van der Waals surface area contributed by atoms with Crippen LogP contribution >= 0.6 is 0 Å². The van der Waals surface area contributed by atoms with E-state index in [1.807, 2.05) is 0 Å². The minimum atomic E-state index is -0.0506. The van der Waals surface area contributed by atoms with Crippen LogP contribution in [0, 0.1) is 17.3 Å². The Hall–Kier alpha value is -0.0800. The average Bonchev–Trinajstić information content (AvgIpc) is 2.73. The number of rotatable bonds is 0. The molecule has 1 spiro atoms. The Morgan fingerprint density at radius 3 is 2.62 bits per heavy atom. The van der Waals surface area contributed by atoms with E-state index >= 15 is 0 Å². The van der Waals surface area contributed by atoms with Crippen LogP contribution in [0.3, 0.4) is 0 Å². The summed E-state index contributed by atoms with van der Waals surface area (Å²) in [7, 11) is 0. The third-order valence-corrected chi connectivity index (χ3v) is 5.02. The Morgan fingerprint density at radius 1 is 1.23 bits per heavy atom. The summed E-state index contributed by atoms with van der Waals surface area (Å²) in [5.41, 5.74) is 6.67. The number of hydrogen-bond acceptors (Lipinski definition) is 2. The van der Waals surface area contributed by atoms with Crippen molar-refractivity contribution in [1.82, 2.24) is 0 Å². The van der Waals surface area contributed by atoms with Gasteiger partial charge in [-0.1, -0.05) is 0 Å². The molecule has 0 radical (unpaired) electrons. The van der Waals surface area contributed by atoms with E-state index in [-0.39, 0.29) is 6.10 Å². The summed E-state index contributed by atoms with van der Waals surface area (Å²) in [4.78, 5) is 0. The standard InChI is InChI=1S/C11H19NO/c12-10-7-1-2-8(5-7)11(10)4-3-9(13)6-11/h7-10,13H,1-6,12H2. The van der Waals surface area contributed by atoms with Crippen LogP contribution in [-0.2, 0) is 0 Å². The van der Waals surface area contributed by atoms with Gasteiger partial charge < -0.3 is 10.8 Å². The van der Waals surface area contributed by atoms with Crippen molar-refractivity contribution < 1.29 is 5.11 Å². The Balaban J connectivity index is 1.90. The van der Waals surface area contributed by atoms with Crippen LogP contribution in [-0.4, -0.2) is 17.3 Å². The third-order valence-electron chi connectivity index (χ3n) is 5.02. The topological polar surface area (TPSA) is 46.2 Å². The third kappa shape index (κ3) is 0.909. The maximum atomic E-state index is 9.65. The maximum absolute atomic E-state index is 9.65. The van der Waals surface area contributed by atoms with E-state index in [0.29, 0.717) is 11.5 Å². The molecule has 0 aromatic carbocycles. The van der Waals surface area contributed by atoms with Gasteiger partial charge in [-0.2, -0.15) is 0 Å². The van der Waals surface area contributed by atoms with Gasteiger partial charge in [0.05, 0.1) is 6.10 Å². The van der Waals surface area contributed by atoms with Gasteiger partial charge in [-0.3, -0.25) is 0 Å². The Morgan fingerprint density at radius 2 is 2.08 bits per heavy atom. The Labute approximate surface area is 79.5 Å². The fraction of sp³-hybridized carbons (Fsp3) is 1.00. The predicted octanol–water partition coefficient (Wildman–Crippen LogP) is 1.27. The van der Waals surface area contributed by atoms with Crippen LogP contribution in [0.5, 0.6) is 0 Å². The molecule has 5 atom stereocenters. The second kappa shape index (κ2) is 2.48. The number of aliphatic hydroxyl groups is 1. The van der Waals surface area contributed by atoms with E-state index in [2.05, 4.69) is 0 Å². The molecule has 5 unspecified atom stereocenters. The van der Waals surface area contributed by atoms with Crippen molar-refractivity contribution in [3.8, 4) is 0 Å². The number of aliphatic hydroxyl groups excluding tert-OH is 1. The largest absolute Gasteiger partial charge is 0.393 e. The molecule has 3 fully saturated rings. The summed E-state index contributed by atoms with van der Waals surface area (Å²) in [6.45, 7) is 0. The first-order valence-corrected chi connectivity index (χ1v) is 5.66. The first kappa shape index (κ1) is 8.25. The molecule has 0 aromatic heterocycles. The van der Waals surface area contributed by atoms with E-state index in [1.54, 1.807) is 0 Å². The van der Waals surface area contributed by atoms with Gasteiger partial charge in [-0.05, 0) is 55.8 Å². The summed E-state index contributed by atoms with van der Waals surface area (Å²) in [5.74, 6) is 1.64. The molecule has 0 saturated heterocycles. The zero-order valence-corrected chi connectivity index (χ0v) is 8.08. The highest BCUT2D eigenvalue weighted by Gasteiger charge is 2.58. The molecule has 2 heteroatoms. The lowest BCUT2D eigenvalue weighted by atomic mass is 9.69. The molecule has 0 heterocycles. The molecule has 74 valence electrons. The van der Waals surface area contributed by atoms with Gasteiger partial charge in [0.1, 0.15) is 0 Å². The van der Waals surface area contributed by atoms with Crippen LogP contribution in [0.2, 0.25) is 0 Å². The van der Waals surface area contributed by atoms with Crippen LogP contribution in [0.4, 0.5) is 0 Å². The Kier molecular flexibility index (Phi) is 1.58. The lowest BCUT2D eigenvalue weighted by Gasteiger charge is -2.39. The van der Waals surface area contributed by atoms with E-state index in [0.717, 1.165) is 24.7 Å². The molecule has 0 amide bonds. The summed E-state index contributed by atoms with van der Waals surface area (Å²) in [5, 5.41) is 9.65. The minimum Gasteiger partial charge on any atom is -0.393 e. The number of hydrogen-bond donors (Lipinski definition) is 2. The summed E-state index contributed by atoms with van der Waals surface area (Å²) in [6, 6.07) is 0.406. The van der Waals surface area contributed by atoms with Gasteiger partial charge in [-0.15, -0.1) is 0 Å². The van der Waals surface area contributed by atoms with Gasteiger partial charge in [-0.25, -0.2) is 0 Å². The van der Waals surface area contributed by atoms with Gasteiger partial charge >= 0.3 is 0 Å². The molecule has 3 aliphatic rings. The molecule has 3 N–H and O–H groups in total. The lowest BCUT2D eigenvalue weighted by Crippen LogP contribution is -2.45. The highest BCUT2D eigenvalue weighted by Crippen LogP contribution is 2.61. The SMILES string of the molecule is NC1C2CCC(C2)C12CCC(O)C2. The number of nitrogens with two attached hydrogens (primary N) is 1. The van der Waals surface area contributed by atoms with E-state index in [4.69, 9.17) is 5.73 Å². The minimum absolute atomic E-state index is 0.0506. The zero-order valence-electron chi connectivity index (χ0n) is 8.08. The van der Waals surface area contributed by atoms with Crippen molar-refractivity contribution in [3.63, 3.8) is 0 Å². The highest BCUT2D eigenvalue weighted by atomic mass is 16.3. The molecule has 13 heavy (non-hydrogen) atoms. The summed E-state index contributed by atoms with van der Waals surface area (Å²) < 4.78 is 0. The fourth-order valence-corrected chi connectivity index (χ4v) is 4.36. The summed E-state index contributed by atoms with van der Waals surface area (Å²) >= 11 is 0. The maximum Gasteiger partial charge on any atom is 0.0546 e. The first-order chi connectivity index (χ1) is 6.22. The van der Waals surface area contributed by atoms with Crippen molar-refractivity contribution in [2.45, 2.75) is 50.7 Å². The van der Waals surface area contributed by atoms with Gasteiger partial charge in [0.25, 0.3) is 0 Å². The number of fused-ring (bicyclic) bond motifs is 3. The van der Waals surface area contributed by atoms with E-state index in [1.165, 1.54) is 25.7 Å². The van der Waals surface area contributed by atoms with Gasteiger partial charge in [0, 0.05) is 6.04 Å². The monoisotopic (exact) mass is 181 g/mol. The average molecular weight is 181 g/mol. The van der Waals surface area contributed by atoms with Crippen LogP contribution < -0.4 is 5.73 Å². The van der Waals surface area contributed by atoms with Gasteiger partial charge in [0.15, 0.2) is 0 Å². The smallest absolute Gasteiger partial charge is 0.0546 e. The molecule has 3 aliphatic carbocycles. The quantitative estimate of drug-likeness (QED) is 0.591. The zero-order chi connectivity index (χ0) is 9.05. The molecule has 2 bridgehead atoms. The van der Waals surface area contributed by atoms with Crippen molar-refractivity contribution in [3.05, 3.63) is 0 Å². The molecular formula is C11H19NO. The molecule has 3 saturated carbocycles. The molecule has 0 aromatic rings. The second-order valence-corrected chi connectivity index (χ2v) is 5.43. The second-order valence-electron chi connectivity index (χ2n) is 5.43. The van der Waals surface area contributed by atoms with Crippen LogP contribution in [0.1, 0.15) is 38.5 Å². The van der Waals surface area contributed by atoms with E-state index < -0.39 is 0 Å². The van der Waals surface area contributed by atoms with Crippen LogP contribution in [0.15, 0.2) is 0 Å². The lowest BCUT2D eigenvalue weighted by molar-refractivity contribution is 0.103. The summed E-state index contributed by atoms with van der Waals surface area (Å²) in [6.07, 6.45) is 7.22. The highest BCUT2D eigenvalue weighted by molar-refractivity contribution is 5.11. The predicted molar refractivity (Wildman–Crippen MR) is 51.1 cm³/mol. The molecule has 0 aliphatic heterocycles. The van der Waals surface area contributed by atoms with Crippen molar-refractivity contribution in [2.75, 3.05) is 0 Å². The van der Waals surface area contributed by atoms with Gasteiger partial charge in [0.2, 0.25) is 0 Å². The molecular weight excluding hydrogens is 162 g/mol. The normalized spacial score (nSPS) is 59.5. The van der Waals surface area contributed by atoms with Crippen molar-refractivity contribution in [2.24, 2.45) is 23.0 Å². The molecule has 3 rings (SSSR count). The van der Waals surface area contributed by atoms with Crippen molar-refractivity contribution >= 4 is 0 Å². The first-order valence-electron chi connectivity index (χ1n) is 5.66. The van der Waals surface area contributed by atoms with Crippen molar-refractivity contribution in [1.29, 1.82) is 0 Å². The molecule has 2 nitrogen and oxygen atoms in total. The fourth-order valence-electron chi connectivity index (χ4n) is 4.36. The van der Waals surface area contributed by atoms with Crippen LogP contribution in [0.25, 0.3) is 0 Å². The Bertz CT molecular complexity index is 226.